The van der Waals surface area contributed by atoms with E-state index in [0.29, 0.717) is 19.2 Å². The van der Waals surface area contributed by atoms with Crippen LogP contribution in [0.2, 0.25) is 0 Å². The van der Waals surface area contributed by atoms with Crippen LogP contribution in [0.5, 0.6) is 5.75 Å². The maximum absolute atomic E-state index is 9.99. The number of aromatic nitrogens is 4. The summed E-state index contributed by atoms with van der Waals surface area (Å²) in [5.41, 5.74) is 2.46. The van der Waals surface area contributed by atoms with Crippen LogP contribution in [0.15, 0.2) is 30.5 Å². The second-order valence-electron chi connectivity index (χ2n) is 7.58. The number of fused-ring (bicyclic) bond motifs is 1. The molecule has 2 fully saturated rings. The monoisotopic (exact) mass is 410 g/mol. The Morgan fingerprint density at radius 3 is 2.47 bits per heavy atom. The minimum absolute atomic E-state index is 0.215. The van der Waals surface area contributed by atoms with Crippen LogP contribution in [0.25, 0.3) is 22.3 Å². The molecule has 2 aromatic heterocycles. The Morgan fingerprint density at radius 2 is 1.70 bits per heavy atom. The van der Waals surface area contributed by atoms with E-state index in [0.717, 1.165) is 74.8 Å². The van der Waals surface area contributed by atoms with Gasteiger partial charge < -0.3 is 19.5 Å². The molecule has 1 aromatic carbocycles. The van der Waals surface area contributed by atoms with Gasteiger partial charge in [-0.1, -0.05) is 12.1 Å². The maximum Gasteiger partial charge on any atom is 0.228 e. The molecule has 0 unspecified atom stereocenters. The smallest absolute Gasteiger partial charge is 0.228 e. The second kappa shape index (κ2) is 8.55. The summed E-state index contributed by atoms with van der Waals surface area (Å²) in [6.45, 7) is 7.96. The highest BCUT2D eigenvalue weighted by Crippen LogP contribution is 2.30. The largest absolute Gasteiger partial charge is 0.508 e. The van der Waals surface area contributed by atoms with E-state index in [1.54, 1.807) is 12.1 Å². The zero-order valence-electron chi connectivity index (χ0n) is 16.9. The average molecular weight is 410 g/mol. The summed E-state index contributed by atoms with van der Waals surface area (Å²) in [5.74, 6) is 0.893. The van der Waals surface area contributed by atoms with Gasteiger partial charge in [0.25, 0.3) is 0 Å². The Bertz CT molecular complexity index is 1010. The van der Waals surface area contributed by atoms with E-state index in [1.807, 2.05) is 23.0 Å². The molecule has 1 N–H and O–H groups in total. The van der Waals surface area contributed by atoms with Crippen LogP contribution in [-0.4, -0.2) is 88.9 Å². The van der Waals surface area contributed by atoms with Crippen LogP contribution in [0.1, 0.15) is 0 Å². The van der Waals surface area contributed by atoms with Crippen LogP contribution in [0.4, 0.5) is 5.95 Å². The zero-order valence-corrected chi connectivity index (χ0v) is 16.9. The van der Waals surface area contributed by atoms with Gasteiger partial charge >= 0.3 is 0 Å². The predicted octanol–water partition coefficient (Wildman–Crippen LogP) is 1.37. The number of hydrogen-bond acceptors (Lipinski definition) is 8. The van der Waals surface area contributed by atoms with Crippen molar-refractivity contribution in [3.63, 3.8) is 0 Å². The van der Waals surface area contributed by atoms with Crippen LogP contribution in [0.3, 0.4) is 0 Å². The summed E-state index contributed by atoms with van der Waals surface area (Å²) in [7, 11) is 0. The first-order valence-electron chi connectivity index (χ1n) is 10.4. The third-order valence-electron chi connectivity index (χ3n) is 5.63. The van der Waals surface area contributed by atoms with Crippen molar-refractivity contribution in [3.8, 4) is 17.0 Å². The standard InChI is InChI=1S/C21H26N6O3/c28-17-3-1-2-16(14-17)19-18-15-22-27(5-4-25-6-10-29-11-7-25)20(18)24-21(23-19)26-8-12-30-13-9-26/h1-3,14-15,28H,4-13H2. The van der Waals surface area contributed by atoms with Crippen molar-refractivity contribution in [3.05, 3.63) is 30.5 Å². The lowest BCUT2D eigenvalue weighted by Crippen LogP contribution is -2.38. The number of phenolic OH excluding ortho intramolecular Hbond substituents is 1. The highest BCUT2D eigenvalue weighted by atomic mass is 16.5. The fourth-order valence-corrected chi connectivity index (χ4v) is 3.95. The Labute approximate surface area is 174 Å². The van der Waals surface area contributed by atoms with Crippen LogP contribution < -0.4 is 4.90 Å². The maximum atomic E-state index is 9.99. The molecule has 0 aliphatic carbocycles. The molecule has 0 amide bonds. The number of aromatic hydroxyl groups is 1. The van der Waals surface area contributed by atoms with Gasteiger partial charge in [0.2, 0.25) is 5.95 Å². The van der Waals surface area contributed by atoms with Crippen molar-refractivity contribution in [2.75, 3.05) is 64.1 Å². The van der Waals surface area contributed by atoms with Gasteiger partial charge in [0, 0.05) is 38.3 Å². The molecule has 9 nitrogen and oxygen atoms in total. The molecule has 0 radical (unpaired) electrons. The topological polar surface area (TPSA) is 88.8 Å². The summed E-state index contributed by atoms with van der Waals surface area (Å²) < 4.78 is 12.9. The van der Waals surface area contributed by atoms with E-state index in [-0.39, 0.29) is 5.75 Å². The molecule has 5 rings (SSSR count). The molecule has 0 saturated carbocycles. The van der Waals surface area contributed by atoms with Crippen LogP contribution in [-0.2, 0) is 16.0 Å². The quantitative estimate of drug-likeness (QED) is 0.675. The van der Waals surface area contributed by atoms with Crippen molar-refractivity contribution in [1.29, 1.82) is 0 Å². The van der Waals surface area contributed by atoms with Gasteiger partial charge in [0.05, 0.1) is 50.2 Å². The molecule has 0 spiro atoms. The van der Waals surface area contributed by atoms with Gasteiger partial charge in [-0.25, -0.2) is 9.67 Å². The molecule has 9 heteroatoms. The Morgan fingerprint density at radius 1 is 0.933 bits per heavy atom. The first kappa shape index (κ1) is 19.2. The minimum atomic E-state index is 0.215. The lowest BCUT2D eigenvalue weighted by atomic mass is 10.1. The molecule has 0 bridgehead atoms. The van der Waals surface area contributed by atoms with Crippen molar-refractivity contribution in [2.24, 2.45) is 0 Å². The molecule has 2 aliphatic heterocycles. The summed E-state index contributed by atoms with van der Waals surface area (Å²) in [5, 5.41) is 15.5. The molecular weight excluding hydrogens is 384 g/mol. The van der Waals surface area contributed by atoms with Crippen LogP contribution in [0, 0.1) is 0 Å². The predicted molar refractivity (Wildman–Crippen MR) is 113 cm³/mol. The fourth-order valence-electron chi connectivity index (χ4n) is 3.95. The Hall–Kier alpha value is -2.75. The van der Waals surface area contributed by atoms with Gasteiger partial charge in [-0.2, -0.15) is 10.1 Å². The molecule has 30 heavy (non-hydrogen) atoms. The van der Waals surface area contributed by atoms with E-state index in [1.165, 1.54) is 0 Å². The molecule has 3 aromatic rings. The number of rotatable bonds is 5. The van der Waals surface area contributed by atoms with Gasteiger partial charge in [-0.15, -0.1) is 0 Å². The normalized spacial score (nSPS) is 18.2. The van der Waals surface area contributed by atoms with Gasteiger partial charge in [0.15, 0.2) is 5.65 Å². The van der Waals surface area contributed by atoms with Crippen LogP contribution >= 0.6 is 0 Å². The summed E-state index contributed by atoms with van der Waals surface area (Å²) >= 11 is 0. The molecular formula is C21H26N6O3. The number of morpholine rings is 2. The molecule has 158 valence electrons. The van der Waals surface area contributed by atoms with Crippen molar-refractivity contribution >= 4 is 17.0 Å². The summed E-state index contributed by atoms with van der Waals surface area (Å²) in [4.78, 5) is 14.3. The number of hydrogen-bond donors (Lipinski definition) is 1. The minimum Gasteiger partial charge on any atom is -0.508 e. The highest BCUT2D eigenvalue weighted by molar-refractivity contribution is 5.91. The van der Waals surface area contributed by atoms with E-state index < -0.39 is 0 Å². The Balaban J connectivity index is 1.53. The highest BCUT2D eigenvalue weighted by Gasteiger charge is 2.20. The Kier molecular flexibility index (Phi) is 5.48. The number of anilines is 1. The van der Waals surface area contributed by atoms with Gasteiger partial charge in [0.1, 0.15) is 5.75 Å². The lowest BCUT2D eigenvalue weighted by molar-refractivity contribution is 0.0361. The second-order valence-corrected chi connectivity index (χ2v) is 7.58. The zero-order chi connectivity index (χ0) is 20.3. The lowest BCUT2D eigenvalue weighted by Gasteiger charge is -2.27. The SMILES string of the molecule is Oc1cccc(-c2nc(N3CCOCC3)nc3c2cnn3CCN2CCOCC2)c1. The van der Waals surface area contributed by atoms with Crippen molar-refractivity contribution in [1.82, 2.24) is 24.6 Å². The van der Waals surface area contributed by atoms with E-state index in [4.69, 9.17) is 19.4 Å². The average Bonchev–Trinajstić information content (AvgIpc) is 3.21. The molecule has 4 heterocycles. The van der Waals surface area contributed by atoms with E-state index >= 15 is 0 Å². The molecule has 2 aliphatic rings. The van der Waals surface area contributed by atoms with Crippen molar-refractivity contribution in [2.45, 2.75) is 6.54 Å². The number of nitrogens with zero attached hydrogens (tertiary/aromatic N) is 6. The van der Waals surface area contributed by atoms with Gasteiger partial charge in [-0.3, -0.25) is 4.90 Å². The van der Waals surface area contributed by atoms with E-state index in [9.17, 15) is 5.11 Å². The number of benzene rings is 1. The third kappa shape index (κ3) is 3.96. The molecule has 0 atom stereocenters. The van der Waals surface area contributed by atoms with E-state index in [2.05, 4.69) is 14.9 Å². The molecule has 2 saturated heterocycles. The number of ether oxygens (including phenoxy) is 2. The fraction of sp³-hybridized carbons (Fsp3) is 0.476. The first-order chi connectivity index (χ1) is 14.8. The van der Waals surface area contributed by atoms with Crippen molar-refractivity contribution < 1.29 is 14.6 Å². The summed E-state index contributed by atoms with van der Waals surface area (Å²) in [6.07, 6.45) is 1.83. The number of phenols is 1. The third-order valence-corrected chi connectivity index (χ3v) is 5.63. The van der Waals surface area contributed by atoms with Gasteiger partial charge in [-0.05, 0) is 12.1 Å². The first-order valence-corrected chi connectivity index (χ1v) is 10.4. The summed E-state index contributed by atoms with van der Waals surface area (Å²) in [6, 6.07) is 7.18.